The van der Waals surface area contributed by atoms with Crippen LogP contribution in [0.15, 0.2) is 33.7 Å². The molecule has 0 aliphatic rings. The van der Waals surface area contributed by atoms with E-state index in [0.717, 1.165) is 10.5 Å². The van der Waals surface area contributed by atoms with Crippen LogP contribution in [0.5, 0.6) is 0 Å². The average molecular weight is 388 g/mol. The van der Waals surface area contributed by atoms with Crippen LogP contribution in [-0.2, 0) is 22.0 Å². The fourth-order valence-electron chi connectivity index (χ4n) is 2.74. The van der Waals surface area contributed by atoms with Crippen LogP contribution in [-0.4, -0.2) is 54.1 Å². The molecule has 27 heavy (non-hydrogen) atoms. The van der Waals surface area contributed by atoms with Gasteiger partial charge < -0.3 is 9.42 Å². The van der Waals surface area contributed by atoms with Gasteiger partial charge in [-0.25, -0.2) is 0 Å². The van der Waals surface area contributed by atoms with E-state index < -0.39 is 10.8 Å². The van der Waals surface area contributed by atoms with Gasteiger partial charge in [-0.05, 0) is 36.8 Å². The molecule has 0 saturated carbocycles. The standard InChI is InChI=1S/C17H20N6O3S/c1-10(12-5-7-13(8-6-12)27(4)25)23(3)15(24)9-14-16(11(2)26-20-14)17-18-21-22-19-17/h5-8,10H,9H2,1-4H3,(H,18,19,21,22). The summed E-state index contributed by atoms with van der Waals surface area (Å²) in [5, 5.41) is 17.8. The maximum Gasteiger partial charge on any atom is 0.228 e. The third-order valence-corrected chi connectivity index (χ3v) is 5.43. The van der Waals surface area contributed by atoms with Crippen molar-refractivity contribution in [3.05, 3.63) is 41.3 Å². The van der Waals surface area contributed by atoms with Crippen molar-refractivity contribution < 1.29 is 13.5 Å². The van der Waals surface area contributed by atoms with Crippen molar-refractivity contribution in [1.29, 1.82) is 0 Å². The minimum atomic E-state index is -1.03. The summed E-state index contributed by atoms with van der Waals surface area (Å²) in [5.41, 5.74) is 2.00. The molecule has 2 aromatic heterocycles. The number of nitrogens with one attached hydrogen (secondary N) is 1. The number of benzene rings is 1. The first-order chi connectivity index (χ1) is 12.9. The second kappa shape index (κ2) is 7.78. The largest absolute Gasteiger partial charge is 0.361 e. The van der Waals surface area contributed by atoms with E-state index in [1.54, 1.807) is 25.1 Å². The molecule has 0 spiro atoms. The van der Waals surface area contributed by atoms with E-state index in [2.05, 4.69) is 25.8 Å². The van der Waals surface area contributed by atoms with Gasteiger partial charge in [-0.3, -0.25) is 9.00 Å². The lowest BCUT2D eigenvalue weighted by Gasteiger charge is -2.25. The number of hydrogen-bond acceptors (Lipinski definition) is 7. The number of amides is 1. The molecular formula is C17H20N6O3S. The molecular weight excluding hydrogens is 368 g/mol. The van der Waals surface area contributed by atoms with E-state index in [-0.39, 0.29) is 18.4 Å². The fraction of sp³-hybridized carbons (Fsp3) is 0.353. The number of hydrogen-bond donors (Lipinski definition) is 1. The zero-order valence-corrected chi connectivity index (χ0v) is 16.3. The Morgan fingerprint density at radius 2 is 2.04 bits per heavy atom. The summed E-state index contributed by atoms with van der Waals surface area (Å²) in [6, 6.07) is 7.25. The number of carbonyl (C=O) groups excluding carboxylic acids is 1. The molecule has 1 amide bonds. The van der Waals surface area contributed by atoms with Crippen LogP contribution in [0.1, 0.15) is 30.0 Å². The quantitative estimate of drug-likeness (QED) is 0.682. The number of H-pyrrole nitrogens is 1. The van der Waals surface area contributed by atoms with Gasteiger partial charge in [0.05, 0.1) is 18.0 Å². The highest BCUT2D eigenvalue weighted by atomic mass is 32.2. The maximum atomic E-state index is 12.8. The van der Waals surface area contributed by atoms with Gasteiger partial charge in [-0.1, -0.05) is 17.3 Å². The van der Waals surface area contributed by atoms with Crippen LogP contribution in [0.3, 0.4) is 0 Å². The normalized spacial score (nSPS) is 13.3. The Morgan fingerprint density at radius 1 is 1.33 bits per heavy atom. The van der Waals surface area contributed by atoms with E-state index in [1.165, 1.54) is 0 Å². The first kappa shape index (κ1) is 18.9. The summed E-state index contributed by atoms with van der Waals surface area (Å²) >= 11 is 0. The Morgan fingerprint density at radius 3 is 2.63 bits per heavy atom. The summed E-state index contributed by atoms with van der Waals surface area (Å²) in [4.78, 5) is 15.2. The van der Waals surface area contributed by atoms with E-state index in [4.69, 9.17) is 4.52 Å². The molecule has 0 radical (unpaired) electrons. The zero-order valence-electron chi connectivity index (χ0n) is 15.5. The average Bonchev–Trinajstić information content (AvgIpc) is 3.30. The van der Waals surface area contributed by atoms with Crippen molar-refractivity contribution in [2.24, 2.45) is 0 Å². The van der Waals surface area contributed by atoms with Crippen LogP contribution < -0.4 is 0 Å². The Balaban J connectivity index is 1.75. The Hall–Kier alpha value is -2.88. The third kappa shape index (κ3) is 3.95. The zero-order chi connectivity index (χ0) is 19.6. The van der Waals surface area contributed by atoms with Crippen LogP contribution in [0.4, 0.5) is 0 Å². The van der Waals surface area contributed by atoms with E-state index in [9.17, 15) is 9.00 Å². The Labute approximate surface area is 158 Å². The van der Waals surface area contributed by atoms with Gasteiger partial charge in [0, 0.05) is 29.0 Å². The maximum absolute atomic E-state index is 12.8. The minimum Gasteiger partial charge on any atom is -0.361 e. The number of likely N-dealkylation sites (N-methyl/N-ethyl adjacent to an activating group) is 1. The molecule has 3 aromatic rings. The van der Waals surface area contributed by atoms with Crippen LogP contribution in [0, 0.1) is 6.92 Å². The molecule has 10 heteroatoms. The minimum absolute atomic E-state index is 0.0547. The van der Waals surface area contributed by atoms with Gasteiger partial charge in [0.2, 0.25) is 11.7 Å². The van der Waals surface area contributed by atoms with Gasteiger partial charge in [0.1, 0.15) is 11.5 Å². The van der Waals surface area contributed by atoms with Crippen LogP contribution in [0.25, 0.3) is 11.4 Å². The highest BCUT2D eigenvalue weighted by Gasteiger charge is 2.24. The number of nitrogens with zero attached hydrogens (tertiary/aromatic N) is 5. The SMILES string of the molecule is Cc1onc(CC(=O)N(C)C(C)c2ccc(S(C)=O)cc2)c1-c1nn[nH]n1. The van der Waals surface area contributed by atoms with Crippen molar-refractivity contribution in [3.8, 4) is 11.4 Å². The van der Waals surface area contributed by atoms with Gasteiger partial charge in [-0.15, -0.1) is 10.2 Å². The Bertz CT molecular complexity index is 952. The smallest absolute Gasteiger partial charge is 0.228 e. The number of aromatic nitrogens is 5. The lowest BCUT2D eigenvalue weighted by Crippen LogP contribution is -2.31. The van der Waals surface area contributed by atoms with Crippen molar-refractivity contribution in [1.82, 2.24) is 30.7 Å². The summed E-state index contributed by atoms with van der Waals surface area (Å²) in [5.74, 6) is 0.747. The molecule has 0 aliphatic carbocycles. The molecule has 0 fully saturated rings. The third-order valence-electron chi connectivity index (χ3n) is 4.49. The molecule has 2 unspecified atom stereocenters. The summed E-state index contributed by atoms with van der Waals surface area (Å²) < 4.78 is 16.7. The highest BCUT2D eigenvalue weighted by molar-refractivity contribution is 7.84. The van der Waals surface area contributed by atoms with E-state index in [1.807, 2.05) is 31.2 Å². The first-order valence-corrected chi connectivity index (χ1v) is 9.82. The number of rotatable bonds is 6. The lowest BCUT2D eigenvalue weighted by molar-refractivity contribution is -0.131. The topological polar surface area (TPSA) is 118 Å². The molecule has 3 rings (SSSR count). The van der Waals surface area contributed by atoms with Gasteiger partial charge in [-0.2, -0.15) is 5.21 Å². The number of aromatic amines is 1. The van der Waals surface area contributed by atoms with Crippen molar-refractivity contribution in [3.63, 3.8) is 0 Å². The fourth-order valence-corrected chi connectivity index (χ4v) is 3.26. The molecule has 0 saturated heterocycles. The van der Waals surface area contributed by atoms with Crippen molar-refractivity contribution >= 4 is 16.7 Å². The van der Waals surface area contributed by atoms with Crippen molar-refractivity contribution in [2.75, 3.05) is 13.3 Å². The van der Waals surface area contributed by atoms with Crippen molar-refractivity contribution in [2.45, 2.75) is 31.2 Å². The monoisotopic (exact) mass is 388 g/mol. The van der Waals surface area contributed by atoms with Crippen LogP contribution in [0.2, 0.25) is 0 Å². The summed E-state index contributed by atoms with van der Waals surface area (Å²) in [6.45, 7) is 3.67. The predicted molar refractivity (Wildman–Crippen MR) is 98.1 cm³/mol. The molecule has 142 valence electrons. The molecule has 2 atom stereocenters. The molecule has 9 nitrogen and oxygen atoms in total. The molecule has 1 N–H and O–H groups in total. The Kier molecular flexibility index (Phi) is 5.45. The predicted octanol–water partition coefficient (Wildman–Crippen LogP) is 1.66. The van der Waals surface area contributed by atoms with Gasteiger partial charge in [0.25, 0.3) is 0 Å². The van der Waals surface area contributed by atoms with E-state index in [0.29, 0.717) is 22.8 Å². The highest BCUT2D eigenvalue weighted by Crippen LogP contribution is 2.26. The number of aryl methyl sites for hydroxylation is 1. The van der Waals surface area contributed by atoms with Gasteiger partial charge in [0.15, 0.2) is 0 Å². The van der Waals surface area contributed by atoms with Crippen LogP contribution >= 0.6 is 0 Å². The van der Waals surface area contributed by atoms with E-state index >= 15 is 0 Å². The number of tetrazole rings is 1. The number of carbonyl (C=O) groups is 1. The second-order valence-corrected chi connectivity index (χ2v) is 7.56. The van der Waals surface area contributed by atoms with Gasteiger partial charge >= 0.3 is 0 Å². The summed E-state index contributed by atoms with van der Waals surface area (Å²) in [6.07, 6.45) is 1.69. The summed E-state index contributed by atoms with van der Waals surface area (Å²) in [7, 11) is 0.706. The molecule has 2 heterocycles. The molecule has 1 aromatic carbocycles. The molecule has 0 aliphatic heterocycles. The second-order valence-electron chi connectivity index (χ2n) is 6.18. The lowest BCUT2D eigenvalue weighted by atomic mass is 10.1. The first-order valence-electron chi connectivity index (χ1n) is 8.26. The molecule has 0 bridgehead atoms.